The molecule has 0 aliphatic heterocycles. The fourth-order valence-corrected chi connectivity index (χ4v) is 8.89. The fraction of sp³-hybridized carbons (Fsp3) is 1.00. The summed E-state index contributed by atoms with van der Waals surface area (Å²) in [7, 11) is 0. The molecule has 0 amide bonds. The van der Waals surface area contributed by atoms with Gasteiger partial charge in [0.2, 0.25) is 0 Å². The number of unbranched alkanes of at least 4 members (excludes halogenated alkanes) is 6. The summed E-state index contributed by atoms with van der Waals surface area (Å²) in [6, 6.07) is 0. The van der Waals surface area contributed by atoms with Crippen molar-refractivity contribution in [3.8, 4) is 0 Å². The lowest BCUT2D eigenvalue weighted by Crippen LogP contribution is -2.19. The molecule has 62 heavy (non-hydrogen) atoms. The second-order valence-electron chi connectivity index (χ2n) is 30.6. The zero-order valence-electron chi connectivity index (χ0n) is 49.9. The summed E-state index contributed by atoms with van der Waals surface area (Å²) in [5, 5.41) is 0. The van der Waals surface area contributed by atoms with E-state index in [1.807, 2.05) is 0 Å². The van der Waals surface area contributed by atoms with Crippen molar-refractivity contribution < 1.29 is 0 Å². The number of rotatable bonds is 22. The van der Waals surface area contributed by atoms with Crippen LogP contribution in [0.25, 0.3) is 0 Å². The van der Waals surface area contributed by atoms with Crippen molar-refractivity contribution in [1.29, 1.82) is 0 Å². The Labute approximate surface area is 400 Å². The van der Waals surface area contributed by atoms with Crippen molar-refractivity contribution in [2.75, 3.05) is 0 Å². The molecule has 0 N–H and O–H groups in total. The smallest absolute Gasteiger partial charge is 0.0354 e. The van der Waals surface area contributed by atoms with Crippen LogP contribution in [-0.4, -0.2) is 0 Å². The van der Waals surface area contributed by atoms with Gasteiger partial charge in [0, 0.05) is 0 Å². The maximum absolute atomic E-state index is 2.41. The van der Waals surface area contributed by atoms with Crippen molar-refractivity contribution in [1.82, 2.24) is 0 Å². The van der Waals surface area contributed by atoms with Crippen LogP contribution in [0.4, 0.5) is 0 Å². The fourth-order valence-electron chi connectivity index (χ4n) is 8.89. The Morgan fingerprint density at radius 1 is 0.290 bits per heavy atom. The van der Waals surface area contributed by atoms with E-state index in [4.69, 9.17) is 0 Å². The highest BCUT2D eigenvalue weighted by molar-refractivity contribution is 4.74. The van der Waals surface area contributed by atoms with Crippen molar-refractivity contribution in [2.45, 2.75) is 335 Å². The van der Waals surface area contributed by atoms with Crippen LogP contribution in [0.15, 0.2) is 0 Å². The van der Waals surface area contributed by atoms with Crippen LogP contribution in [0, 0.1) is 67.0 Å². The van der Waals surface area contributed by atoms with Crippen LogP contribution >= 0.6 is 0 Å². The molecule has 4 atom stereocenters. The standard InChI is InChI=1S/2C16H34.2C15H32/c1-8-14(13-16(5,6)7)11-9-10-12-15(2,3)4;1-8-14(16(5,6)7)12-10-9-11-13-15(2,3)4;1-13(12-15(5,6)7)10-8-9-11-14(2,3)4;1-13(15(5,6)7)11-9-8-10-12-14(2,3)4/h2*14H,8-13H2,1-7H3;2*13H,8-12H2,1-7H3. The van der Waals surface area contributed by atoms with Gasteiger partial charge in [0.1, 0.15) is 0 Å². The normalized spacial score (nSPS) is 15.3. The molecule has 0 saturated heterocycles. The minimum absolute atomic E-state index is 0.490. The van der Waals surface area contributed by atoms with Crippen LogP contribution < -0.4 is 0 Å². The summed E-state index contributed by atoms with van der Waals surface area (Å²) in [5.74, 6) is 3.60. The van der Waals surface area contributed by atoms with Crippen molar-refractivity contribution in [3.63, 3.8) is 0 Å². The molecular weight excluding hydrogens is 745 g/mol. The lowest BCUT2D eigenvalue weighted by atomic mass is 9.76. The van der Waals surface area contributed by atoms with Gasteiger partial charge in [0.25, 0.3) is 0 Å². The molecule has 0 aromatic rings. The van der Waals surface area contributed by atoms with Crippen LogP contribution in [0.5, 0.6) is 0 Å². The minimum atomic E-state index is 0.490. The highest BCUT2D eigenvalue weighted by Crippen LogP contribution is 2.35. The minimum Gasteiger partial charge on any atom is -0.0651 e. The second kappa shape index (κ2) is 32.7. The lowest BCUT2D eigenvalue weighted by Gasteiger charge is -2.30. The van der Waals surface area contributed by atoms with E-state index < -0.39 is 0 Å². The Morgan fingerprint density at radius 3 is 0.903 bits per heavy atom. The van der Waals surface area contributed by atoms with Gasteiger partial charge in [-0.25, -0.2) is 0 Å². The molecule has 0 nitrogen and oxygen atoms in total. The van der Waals surface area contributed by atoms with Crippen molar-refractivity contribution in [3.05, 3.63) is 0 Å². The van der Waals surface area contributed by atoms with E-state index in [2.05, 4.69) is 194 Å². The first kappa shape index (κ1) is 68.6. The Hall–Kier alpha value is 0. The molecule has 4 unspecified atom stereocenters. The predicted octanol–water partition coefficient (Wildman–Crippen LogP) is 23.4. The van der Waals surface area contributed by atoms with Gasteiger partial charge in [0.15, 0.2) is 0 Å². The highest BCUT2D eigenvalue weighted by atomic mass is 14.3. The Morgan fingerprint density at radius 2 is 0.613 bits per heavy atom. The Kier molecular flexibility index (Phi) is 36.1. The third kappa shape index (κ3) is 58.0. The van der Waals surface area contributed by atoms with Crippen LogP contribution in [-0.2, 0) is 0 Å². The summed E-state index contributed by atoms with van der Waals surface area (Å²) in [5.41, 5.74) is 4.08. The van der Waals surface area contributed by atoms with E-state index in [9.17, 15) is 0 Å². The summed E-state index contributed by atoms with van der Waals surface area (Å²) >= 11 is 0. The van der Waals surface area contributed by atoms with Crippen LogP contribution in [0.2, 0.25) is 0 Å². The topological polar surface area (TPSA) is 0 Å². The SMILES string of the molecule is CC(CCCCC(C)(C)C)CC(C)(C)C.CC(CCCCCC(C)(C)C)C(C)(C)C.CCC(CCCCC(C)(C)C)CC(C)(C)C.CCC(CCCCCC(C)(C)C)C(C)(C)C. The highest BCUT2D eigenvalue weighted by Gasteiger charge is 2.23. The average Bonchev–Trinajstić information content (AvgIpc) is 3.02. The molecule has 380 valence electrons. The van der Waals surface area contributed by atoms with E-state index in [0.717, 1.165) is 23.7 Å². The summed E-state index contributed by atoms with van der Waals surface area (Å²) in [4.78, 5) is 0. The molecule has 0 radical (unpaired) electrons. The first-order valence-electron chi connectivity index (χ1n) is 27.5. The molecule has 0 bridgehead atoms. The molecule has 0 spiro atoms. The summed E-state index contributed by atoms with van der Waals surface area (Å²) in [6.07, 6.45) is 30.7. The second-order valence-corrected chi connectivity index (χ2v) is 30.6. The molecule has 0 aliphatic carbocycles. The van der Waals surface area contributed by atoms with E-state index in [-0.39, 0.29) is 0 Å². The molecule has 0 saturated carbocycles. The molecular formula is C62H132. The largest absolute Gasteiger partial charge is 0.0651 e. The quantitative estimate of drug-likeness (QED) is 0.0951. The van der Waals surface area contributed by atoms with Crippen LogP contribution in [0.3, 0.4) is 0 Å². The molecule has 0 rings (SSSR count). The van der Waals surface area contributed by atoms with Gasteiger partial charge < -0.3 is 0 Å². The molecule has 0 heterocycles. The Bertz CT molecular complexity index is 967. The zero-order chi connectivity index (χ0) is 49.9. The van der Waals surface area contributed by atoms with Gasteiger partial charge in [-0.05, 0) is 112 Å². The van der Waals surface area contributed by atoms with Crippen molar-refractivity contribution in [2.24, 2.45) is 67.0 Å². The predicted molar refractivity (Wildman–Crippen MR) is 294 cm³/mol. The van der Waals surface area contributed by atoms with E-state index >= 15 is 0 Å². The van der Waals surface area contributed by atoms with Crippen LogP contribution in [0.1, 0.15) is 335 Å². The maximum atomic E-state index is 2.41. The molecule has 0 fully saturated rings. The van der Waals surface area contributed by atoms with Gasteiger partial charge in [-0.1, -0.05) is 290 Å². The van der Waals surface area contributed by atoms with Gasteiger partial charge >= 0.3 is 0 Å². The number of hydrogen-bond acceptors (Lipinski definition) is 0. The zero-order valence-corrected chi connectivity index (χ0v) is 49.9. The molecule has 0 aromatic heterocycles. The first-order chi connectivity index (χ1) is 27.5. The first-order valence-corrected chi connectivity index (χ1v) is 27.5. The summed E-state index contributed by atoms with van der Waals surface area (Å²) < 4.78 is 0. The maximum Gasteiger partial charge on any atom is -0.0354 e. The third-order valence-electron chi connectivity index (χ3n) is 13.3. The van der Waals surface area contributed by atoms with E-state index in [1.165, 1.54) is 141 Å². The van der Waals surface area contributed by atoms with E-state index in [1.54, 1.807) is 0 Å². The molecule has 0 aromatic carbocycles. The lowest BCUT2D eigenvalue weighted by molar-refractivity contribution is 0.212. The van der Waals surface area contributed by atoms with Gasteiger partial charge in [-0.15, -0.1) is 0 Å². The average molecular weight is 878 g/mol. The summed E-state index contributed by atoms with van der Waals surface area (Å²) in [6.45, 7) is 65.9. The van der Waals surface area contributed by atoms with Gasteiger partial charge in [-0.3, -0.25) is 0 Å². The molecule has 0 heteroatoms. The number of hydrogen-bond donors (Lipinski definition) is 0. The third-order valence-corrected chi connectivity index (χ3v) is 13.3. The monoisotopic (exact) mass is 877 g/mol. The van der Waals surface area contributed by atoms with Gasteiger partial charge in [0.05, 0.1) is 0 Å². The van der Waals surface area contributed by atoms with Gasteiger partial charge in [-0.2, -0.15) is 0 Å². The van der Waals surface area contributed by atoms with E-state index in [0.29, 0.717) is 43.3 Å². The molecule has 0 aliphatic rings. The van der Waals surface area contributed by atoms with Crippen molar-refractivity contribution >= 4 is 0 Å². The Balaban J connectivity index is -0.000000362.